The largest absolute Gasteiger partial charge is 0.422 e. The molecule has 9 heteroatoms. The summed E-state index contributed by atoms with van der Waals surface area (Å²) >= 11 is 12.2. The molecule has 0 saturated heterocycles. The SMILES string of the molecule is Cc1ccc(C(=O)Nc2ccc(C(=O)N/N=C/c3cc(Cl)ccc3OC(=O)c3ccccc3Cl)cc2)cc1. The molecule has 7 nitrogen and oxygen atoms in total. The molecule has 38 heavy (non-hydrogen) atoms. The number of halogens is 2. The minimum absolute atomic E-state index is 0.186. The molecule has 4 aromatic carbocycles. The number of hydrogen-bond acceptors (Lipinski definition) is 5. The molecule has 0 radical (unpaired) electrons. The third-order valence-electron chi connectivity index (χ3n) is 5.36. The van der Waals surface area contributed by atoms with Gasteiger partial charge in [-0.1, -0.05) is 53.0 Å². The second kappa shape index (κ2) is 12.2. The summed E-state index contributed by atoms with van der Waals surface area (Å²) in [6.07, 6.45) is 1.31. The van der Waals surface area contributed by atoms with Gasteiger partial charge in [0.05, 0.1) is 16.8 Å². The quantitative estimate of drug-likeness (QED) is 0.119. The minimum Gasteiger partial charge on any atom is -0.422 e. The Kier molecular flexibility index (Phi) is 8.53. The second-order valence-corrected chi connectivity index (χ2v) is 8.99. The predicted molar refractivity (Wildman–Crippen MR) is 148 cm³/mol. The molecule has 0 spiro atoms. The number of rotatable bonds is 7. The van der Waals surface area contributed by atoms with E-state index in [1.165, 1.54) is 18.3 Å². The van der Waals surface area contributed by atoms with Crippen molar-refractivity contribution in [3.8, 4) is 5.75 Å². The molecule has 2 amide bonds. The molecular weight excluding hydrogens is 525 g/mol. The van der Waals surface area contributed by atoms with Gasteiger partial charge in [0, 0.05) is 27.4 Å². The van der Waals surface area contributed by atoms with E-state index in [1.807, 2.05) is 19.1 Å². The fourth-order valence-corrected chi connectivity index (χ4v) is 3.73. The van der Waals surface area contributed by atoms with Crippen LogP contribution in [0.4, 0.5) is 5.69 Å². The van der Waals surface area contributed by atoms with Gasteiger partial charge in [0.15, 0.2) is 0 Å². The molecule has 190 valence electrons. The summed E-state index contributed by atoms with van der Waals surface area (Å²) in [7, 11) is 0. The van der Waals surface area contributed by atoms with Crippen molar-refractivity contribution < 1.29 is 19.1 Å². The number of hydrogen-bond donors (Lipinski definition) is 2. The third-order valence-corrected chi connectivity index (χ3v) is 5.92. The average molecular weight is 546 g/mol. The lowest BCUT2D eigenvalue weighted by atomic mass is 10.1. The molecule has 0 fully saturated rings. The van der Waals surface area contributed by atoms with Crippen LogP contribution in [0.25, 0.3) is 0 Å². The van der Waals surface area contributed by atoms with Crippen molar-refractivity contribution in [1.29, 1.82) is 0 Å². The number of benzene rings is 4. The van der Waals surface area contributed by atoms with E-state index in [4.69, 9.17) is 27.9 Å². The Morgan fingerprint density at radius 1 is 0.816 bits per heavy atom. The van der Waals surface area contributed by atoms with Crippen molar-refractivity contribution in [2.24, 2.45) is 5.10 Å². The number of nitrogens with one attached hydrogen (secondary N) is 2. The third kappa shape index (κ3) is 6.85. The smallest absolute Gasteiger partial charge is 0.345 e. The van der Waals surface area contributed by atoms with Crippen LogP contribution in [-0.2, 0) is 0 Å². The van der Waals surface area contributed by atoms with Crippen molar-refractivity contribution >= 4 is 52.9 Å². The second-order valence-electron chi connectivity index (χ2n) is 8.15. The van der Waals surface area contributed by atoms with E-state index < -0.39 is 11.9 Å². The Labute approximate surface area is 229 Å². The first-order chi connectivity index (χ1) is 18.3. The number of hydrazone groups is 1. The summed E-state index contributed by atoms with van der Waals surface area (Å²) < 4.78 is 5.47. The summed E-state index contributed by atoms with van der Waals surface area (Å²) in [5, 5.41) is 7.40. The molecule has 4 rings (SSSR count). The van der Waals surface area contributed by atoms with Gasteiger partial charge in [0.1, 0.15) is 5.75 Å². The van der Waals surface area contributed by atoms with Crippen LogP contribution in [0, 0.1) is 6.92 Å². The molecule has 0 aromatic heterocycles. The fraction of sp³-hybridized carbons (Fsp3) is 0.0345. The molecule has 0 atom stereocenters. The van der Waals surface area contributed by atoms with E-state index in [2.05, 4.69) is 15.8 Å². The highest BCUT2D eigenvalue weighted by Gasteiger charge is 2.15. The van der Waals surface area contributed by atoms with Gasteiger partial charge in [-0.3, -0.25) is 9.59 Å². The van der Waals surface area contributed by atoms with Gasteiger partial charge < -0.3 is 10.1 Å². The van der Waals surface area contributed by atoms with Crippen LogP contribution >= 0.6 is 23.2 Å². The molecule has 0 bridgehead atoms. The molecule has 0 unspecified atom stereocenters. The fourth-order valence-electron chi connectivity index (χ4n) is 3.33. The number of esters is 1. The molecule has 0 aliphatic carbocycles. The normalized spacial score (nSPS) is 10.7. The molecule has 0 aliphatic heterocycles. The summed E-state index contributed by atoms with van der Waals surface area (Å²) in [6.45, 7) is 1.94. The van der Waals surface area contributed by atoms with E-state index in [1.54, 1.807) is 66.7 Å². The summed E-state index contributed by atoms with van der Waals surface area (Å²) in [5.74, 6) is -1.19. The van der Waals surface area contributed by atoms with E-state index in [9.17, 15) is 14.4 Å². The zero-order chi connectivity index (χ0) is 27.1. The van der Waals surface area contributed by atoms with Gasteiger partial charge in [-0.2, -0.15) is 5.10 Å². The average Bonchev–Trinajstić information content (AvgIpc) is 2.91. The Hall–Kier alpha value is -4.46. The lowest BCUT2D eigenvalue weighted by Gasteiger charge is -2.09. The lowest BCUT2D eigenvalue weighted by molar-refractivity contribution is 0.0734. The van der Waals surface area contributed by atoms with Crippen molar-refractivity contribution in [3.63, 3.8) is 0 Å². The van der Waals surface area contributed by atoms with Crippen LogP contribution in [0.1, 0.15) is 42.2 Å². The Morgan fingerprint density at radius 2 is 1.47 bits per heavy atom. The van der Waals surface area contributed by atoms with Gasteiger partial charge in [0.25, 0.3) is 11.8 Å². The van der Waals surface area contributed by atoms with Crippen LogP contribution in [0.15, 0.2) is 96.1 Å². The summed E-state index contributed by atoms with van der Waals surface area (Å²) in [4.78, 5) is 37.5. The first kappa shape index (κ1) is 26.6. The number of aryl methyl sites for hydroxylation is 1. The van der Waals surface area contributed by atoms with Gasteiger partial charge in [-0.05, 0) is 73.7 Å². The number of carbonyl (C=O) groups is 3. The predicted octanol–water partition coefficient (Wildman–Crippen LogP) is 6.54. The Morgan fingerprint density at radius 3 is 2.18 bits per heavy atom. The molecule has 4 aromatic rings. The number of amides is 2. The zero-order valence-corrected chi connectivity index (χ0v) is 21.6. The molecule has 0 aliphatic rings. The monoisotopic (exact) mass is 545 g/mol. The van der Waals surface area contributed by atoms with E-state index in [0.717, 1.165) is 5.56 Å². The standard InChI is InChI=1S/C29H21Cl2N3O4/c1-18-6-8-19(9-7-18)27(35)33-23-13-10-20(11-14-23)28(36)34-32-17-21-16-22(30)12-15-26(21)38-29(37)24-4-2-3-5-25(24)31/h2-17H,1H3,(H,33,35)(H,34,36)/b32-17+. The van der Waals surface area contributed by atoms with Crippen LogP contribution in [0.5, 0.6) is 5.75 Å². The van der Waals surface area contributed by atoms with Crippen LogP contribution < -0.4 is 15.5 Å². The number of nitrogens with zero attached hydrogens (tertiary/aromatic N) is 1. The lowest BCUT2D eigenvalue weighted by Crippen LogP contribution is -2.18. The minimum atomic E-state index is -0.647. The van der Waals surface area contributed by atoms with Gasteiger partial charge in [0.2, 0.25) is 0 Å². The Balaban J connectivity index is 1.39. The van der Waals surface area contributed by atoms with Crippen molar-refractivity contribution in [2.45, 2.75) is 6.92 Å². The van der Waals surface area contributed by atoms with Crippen LogP contribution in [-0.4, -0.2) is 24.0 Å². The molecule has 0 saturated carbocycles. The van der Waals surface area contributed by atoms with Crippen molar-refractivity contribution in [2.75, 3.05) is 5.32 Å². The highest BCUT2D eigenvalue weighted by atomic mass is 35.5. The maximum Gasteiger partial charge on any atom is 0.345 e. The van der Waals surface area contributed by atoms with E-state index in [-0.39, 0.29) is 22.2 Å². The highest BCUT2D eigenvalue weighted by Crippen LogP contribution is 2.24. The Bertz CT molecular complexity index is 1520. The highest BCUT2D eigenvalue weighted by molar-refractivity contribution is 6.33. The topological polar surface area (TPSA) is 96.9 Å². The van der Waals surface area contributed by atoms with Gasteiger partial charge >= 0.3 is 5.97 Å². The maximum absolute atomic E-state index is 12.5. The first-order valence-corrected chi connectivity index (χ1v) is 12.1. The zero-order valence-electron chi connectivity index (χ0n) is 20.1. The van der Waals surface area contributed by atoms with Crippen molar-refractivity contribution in [3.05, 3.63) is 129 Å². The molecule has 2 N–H and O–H groups in total. The van der Waals surface area contributed by atoms with Gasteiger partial charge in [-0.15, -0.1) is 0 Å². The van der Waals surface area contributed by atoms with E-state index in [0.29, 0.717) is 27.4 Å². The van der Waals surface area contributed by atoms with Gasteiger partial charge in [-0.25, -0.2) is 10.2 Å². The van der Waals surface area contributed by atoms with Crippen LogP contribution in [0.3, 0.4) is 0 Å². The maximum atomic E-state index is 12.5. The first-order valence-electron chi connectivity index (χ1n) is 11.4. The molecular formula is C29H21Cl2N3O4. The summed E-state index contributed by atoms with van der Waals surface area (Å²) in [6, 6.07) is 24.7. The van der Waals surface area contributed by atoms with Crippen LogP contribution in [0.2, 0.25) is 10.0 Å². The summed E-state index contributed by atoms with van der Waals surface area (Å²) in [5.41, 5.74) is 5.45. The van der Waals surface area contributed by atoms with E-state index >= 15 is 0 Å². The number of ether oxygens (including phenoxy) is 1. The number of carbonyl (C=O) groups excluding carboxylic acids is 3. The number of anilines is 1. The molecule has 0 heterocycles. The van der Waals surface area contributed by atoms with Crippen molar-refractivity contribution in [1.82, 2.24) is 5.43 Å².